The van der Waals surface area contributed by atoms with Gasteiger partial charge in [0.05, 0.1) is 27.8 Å². The molecule has 0 aliphatic heterocycles. The molecule has 0 aliphatic rings. The maximum absolute atomic E-state index is 13.2. The fourth-order valence-electron chi connectivity index (χ4n) is 3.27. The first-order chi connectivity index (χ1) is 15.3. The molecule has 0 fully saturated rings. The second-order valence-corrected chi connectivity index (χ2v) is 9.48. The van der Waals surface area contributed by atoms with Crippen molar-refractivity contribution in [2.75, 3.05) is 22.7 Å². The average Bonchev–Trinajstić information content (AvgIpc) is 2.80. The Morgan fingerprint density at radius 2 is 1.62 bits per heavy atom. The van der Waals surface area contributed by atoms with E-state index in [1.54, 1.807) is 31.2 Å². The lowest BCUT2D eigenvalue weighted by Gasteiger charge is -2.23. The summed E-state index contributed by atoms with van der Waals surface area (Å²) in [4.78, 5) is 12.5. The molecular formula is C24H26ClN3O3S. The van der Waals surface area contributed by atoms with Gasteiger partial charge in [-0.15, -0.1) is 0 Å². The number of nitrogens with zero attached hydrogens (tertiary/aromatic N) is 1. The van der Waals surface area contributed by atoms with E-state index in [1.165, 1.54) is 22.5 Å². The van der Waals surface area contributed by atoms with Gasteiger partial charge in [-0.25, -0.2) is 8.42 Å². The van der Waals surface area contributed by atoms with E-state index in [1.807, 2.05) is 43.3 Å². The van der Waals surface area contributed by atoms with Crippen LogP contribution < -0.4 is 14.9 Å². The standard InChI is InChI=1S/C24H26ClN3O3S/c1-3-28(20-12-8-5-9-13-20)32(30,31)21-14-15-22(25)23(16-21)27-24(29)17-26-18(2)19-10-6-4-7-11-19/h4-16,18,26H,3,17H2,1-2H3,(H,27,29)/t18-/m1/s1. The highest BCUT2D eigenvalue weighted by Gasteiger charge is 2.24. The van der Waals surface area contributed by atoms with Crippen molar-refractivity contribution >= 4 is 38.9 Å². The molecule has 3 rings (SSSR count). The lowest BCUT2D eigenvalue weighted by Crippen LogP contribution is -2.31. The quantitative estimate of drug-likeness (QED) is 0.468. The van der Waals surface area contributed by atoms with E-state index < -0.39 is 10.0 Å². The van der Waals surface area contributed by atoms with Crippen molar-refractivity contribution in [2.24, 2.45) is 0 Å². The Morgan fingerprint density at radius 3 is 2.25 bits per heavy atom. The summed E-state index contributed by atoms with van der Waals surface area (Å²) in [5, 5.41) is 6.12. The SMILES string of the molecule is CCN(c1ccccc1)S(=O)(=O)c1ccc(Cl)c(NC(=O)CN[C@H](C)c2ccccc2)c1. The Morgan fingerprint density at radius 1 is 1.00 bits per heavy atom. The highest BCUT2D eigenvalue weighted by molar-refractivity contribution is 7.92. The van der Waals surface area contributed by atoms with E-state index in [4.69, 9.17) is 11.6 Å². The number of para-hydroxylation sites is 1. The third kappa shape index (κ3) is 5.68. The summed E-state index contributed by atoms with van der Waals surface area (Å²) in [7, 11) is -3.83. The maximum Gasteiger partial charge on any atom is 0.264 e. The Balaban J connectivity index is 1.74. The van der Waals surface area contributed by atoms with Gasteiger partial charge in [-0.2, -0.15) is 0 Å². The van der Waals surface area contributed by atoms with Crippen molar-refractivity contribution in [1.82, 2.24) is 5.32 Å². The molecule has 1 atom stereocenters. The molecule has 6 nitrogen and oxygen atoms in total. The van der Waals surface area contributed by atoms with Gasteiger partial charge in [0.25, 0.3) is 10.0 Å². The second-order valence-electron chi connectivity index (χ2n) is 7.21. The predicted octanol–water partition coefficient (Wildman–Crippen LogP) is 4.84. The number of rotatable bonds is 9. The summed E-state index contributed by atoms with van der Waals surface area (Å²) >= 11 is 6.24. The second kappa shape index (κ2) is 10.6. The van der Waals surface area contributed by atoms with Crippen molar-refractivity contribution in [2.45, 2.75) is 24.8 Å². The number of carbonyl (C=O) groups excluding carboxylic acids is 1. The minimum atomic E-state index is -3.83. The molecule has 3 aromatic carbocycles. The van der Waals surface area contributed by atoms with Crippen LogP contribution in [0, 0.1) is 0 Å². The molecule has 0 bridgehead atoms. The highest BCUT2D eigenvalue weighted by atomic mass is 35.5. The van der Waals surface area contributed by atoms with Crippen molar-refractivity contribution in [1.29, 1.82) is 0 Å². The predicted molar refractivity (Wildman–Crippen MR) is 130 cm³/mol. The maximum atomic E-state index is 13.2. The molecule has 0 aliphatic carbocycles. The number of hydrogen-bond acceptors (Lipinski definition) is 4. The molecule has 2 N–H and O–H groups in total. The van der Waals surface area contributed by atoms with Gasteiger partial charge < -0.3 is 10.6 Å². The topological polar surface area (TPSA) is 78.5 Å². The van der Waals surface area contributed by atoms with Crippen LogP contribution in [-0.4, -0.2) is 27.4 Å². The Hall–Kier alpha value is -2.87. The zero-order valence-electron chi connectivity index (χ0n) is 18.0. The summed E-state index contributed by atoms with van der Waals surface area (Å²) in [6.45, 7) is 4.04. The number of carbonyl (C=O) groups is 1. The first-order valence-electron chi connectivity index (χ1n) is 10.3. The Bertz CT molecular complexity index is 1160. The molecule has 0 saturated heterocycles. The lowest BCUT2D eigenvalue weighted by atomic mass is 10.1. The lowest BCUT2D eigenvalue weighted by molar-refractivity contribution is -0.115. The van der Waals surface area contributed by atoms with Crippen molar-refractivity contribution in [3.8, 4) is 0 Å². The largest absolute Gasteiger partial charge is 0.324 e. The smallest absolute Gasteiger partial charge is 0.264 e. The third-order valence-electron chi connectivity index (χ3n) is 5.00. The fourth-order valence-corrected chi connectivity index (χ4v) is 4.94. The van der Waals surface area contributed by atoms with Gasteiger partial charge in [0.1, 0.15) is 0 Å². The van der Waals surface area contributed by atoms with Crippen LogP contribution in [0.2, 0.25) is 5.02 Å². The van der Waals surface area contributed by atoms with Crippen molar-refractivity contribution in [3.63, 3.8) is 0 Å². The van der Waals surface area contributed by atoms with Gasteiger partial charge in [0, 0.05) is 12.6 Å². The molecule has 0 saturated carbocycles. The van der Waals surface area contributed by atoms with Gasteiger partial charge in [-0.3, -0.25) is 9.10 Å². The number of nitrogens with one attached hydrogen (secondary N) is 2. The van der Waals surface area contributed by atoms with Crippen LogP contribution in [-0.2, 0) is 14.8 Å². The van der Waals surface area contributed by atoms with E-state index in [0.29, 0.717) is 5.69 Å². The summed E-state index contributed by atoms with van der Waals surface area (Å²) < 4.78 is 27.8. The molecule has 32 heavy (non-hydrogen) atoms. The average molecular weight is 472 g/mol. The normalized spacial score (nSPS) is 12.2. The summed E-state index contributed by atoms with van der Waals surface area (Å²) in [5.74, 6) is -0.320. The molecule has 0 spiro atoms. The summed E-state index contributed by atoms with van der Waals surface area (Å²) in [6.07, 6.45) is 0. The fraction of sp³-hybridized carbons (Fsp3) is 0.208. The number of anilines is 2. The number of sulfonamides is 1. The van der Waals surface area contributed by atoms with Crippen molar-refractivity contribution < 1.29 is 13.2 Å². The molecule has 0 aromatic heterocycles. The summed E-state index contributed by atoms with van der Waals surface area (Å²) in [6, 6.07) is 22.9. The van der Waals surface area contributed by atoms with Crippen LogP contribution in [0.4, 0.5) is 11.4 Å². The van der Waals surface area contributed by atoms with Crippen LogP contribution >= 0.6 is 11.6 Å². The van der Waals surface area contributed by atoms with E-state index in [0.717, 1.165) is 5.56 Å². The number of halogens is 1. The molecule has 168 valence electrons. The molecule has 0 radical (unpaired) electrons. The first-order valence-corrected chi connectivity index (χ1v) is 12.1. The Labute approximate surface area is 194 Å². The number of amides is 1. The minimum absolute atomic E-state index is 0.0203. The molecular weight excluding hydrogens is 446 g/mol. The van der Waals surface area contributed by atoms with Crippen LogP contribution in [0.25, 0.3) is 0 Å². The molecule has 8 heteroatoms. The van der Waals surface area contributed by atoms with Gasteiger partial charge in [0.15, 0.2) is 0 Å². The highest BCUT2D eigenvalue weighted by Crippen LogP contribution is 2.29. The van der Waals surface area contributed by atoms with E-state index in [9.17, 15) is 13.2 Å². The van der Waals surface area contributed by atoms with E-state index in [2.05, 4.69) is 10.6 Å². The monoisotopic (exact) mass is 471 g/mol. The van der Waals surface area contributed by atoms with Gasteiger partial charge in [-0.1, -0.05) is 60.1 Å². The van der Waals surface area contributed by atoms with Crippen LogP contribution in [0.1, 0.15) is 25.5 Å². The van der Waals surface area contributed by atoms with E-state index >= 15 is 0 Å². The zero-order chi connectivity index (χ0) is 23.1. The van der Waals surface area contributed by atoms with Crippen LogP contribution in [0.3, 0.4) is 0 Å². The zero-order valence-corrected chi connectivity index (χ0v) is 19.5. The number of hydrogen-bond donors (Lipinski definition) is 2. The Kier molecular flexibility index (Phi) is 7.90. The van der Waals surface area contributed by atoms with E-state index in [-0.39, 0.29) is 40.6 Å². The third-order valence-corrected chi connectivity index (χ3v) is 7.23. The summed E-state index contributed by atoms with van der Waals surface area (Å²) in [5.41, 5.74) is 1.87. The van der Waals surface area contributed by atoms with Gasteiger partial charge in [0.2, 0.25) is 5.91 Å². The van der Waals surface area contributed by atoms with Gasteiger partial charge >= 0.3 is 0 Å². The van der Waals surface area contributed by atoms with Gasteiger partial charge in [-0.05, 0) is 49.7 Å². The van der Waals surface area contributed by atoms with Crippen LogP contribution in [0.15, 0.2) is 83.8 Å². The van der Waals surface area contributed by atoms with Crippen molar-refractivity contribution in [3.05, 3.63) is 89.4 Å². The molecule has 3 aromatic rings. The number of benzene rings is 3. The molecule has 0 heterocycles. The minimum Gasteiger partial charge on any atom is -0.324 e. The first kappa shape index (κ1) is 23.8. The molecule has 1 amide bonds. The van der Waals surface area contributed by atoms with Crippen LogP contribution in [0.5, 0.6) is 0 Å². The molecule has 0 unspecified atom stereocenters.